The van der Waals surface area contributed by atoms with Crippen molar-refractivity contribution in [2.45, 2.75) is 13.8 Å². The van der Waals surface area contributed by atoms with Gasteiger partial charge in [0.1, 0.15) is 0 Å². The first-order valence-electron chi connectivity index (χ1n) is 16.0. The van der Waals surface area contributed by atoms with E-state index in [9.17, 15) is 0 Å². The highest BCUT2D eigenvalue weighted by Gasteiger charge is 2.14. The van der Waals surface area contributed by atoms with Crippen LogP contribution in [-0.2, 0) is 0 Å². The molecule has 0 unspecified atom stereocenters. The average molecular weight is 608 g/mol. The lowest BCUT2D eigenvalue weighted by atomic mass is 9.96. The topological polar surface area (TPSA) is 4.93 Å². The molecule has 9 rings (SSSR count). The lowest BCUT2D eigenvalue weighted by molar-refractivity contribution is 1.19. The molecule has 0 amide bonds. The number of nitrogens with zero attached hydrogens (tertiary/aromatic N) is 1. The lowest BCUT2D eigenvalue weighted by Gasteiger charge is -2.09. The Balaban J connectivity index is 0.00000153. The molecule has 0 fully saturated rings. The monoisotopic (exact) mass is 607 g/mol. The molecule has 9 aromatic rings. The van der Waals surface area contributed by atoms with Gasteiger partial charge in [0.25, 0.3) is 0 Å². The number of rotatable bonds is 4. The third-order valence-corrected chi connectivity index (χ3v) is 9.94. The molecule has 0 spiro atoms. The van der Waals surface area contributed by atoms with E-state index in [0.29, 0.717) is 0 Å². The Hall–Kier alpha value is -5.44. The third kappa shape index (κ3) is 4.79. The van der Waals surface area contributed by atoms with Crippen molar-refractivity contribution in [3.05, 3.63) is 164 Å². The van der Waals surface area contributed by atoms with Crippen molar-refractivity contribution < 1.29 is 0 Å². The minimum atomic E-state index is 1.19. The fourth-order valence-electron chi connectivity index (χ4n) is 6.67. The summed E-state index contributed by atoms with van der Waals surface area (Å²) in [6.07, 6.45) is 0. The Morgan fingerprint density at radius 1 is 0.348 bits per heavy atom. The molecule has 46 heavy (non-hydrogen) atoms. The molecule has 0 saturated heterocycles. The minimum absolute atomic E-state index is 1.19. The summed E-state index contributed by atoms with van der Waals surface area (Å²) in [6.45, 7) is 4.00. The summed E-state index contributed by atoms with van der Waals surface area (Å²) in [5, 5.41) is 5.18. The summed E-state index contributed by atoms with van der Waals surface area (Å²) in [6, 6.07) is 59.7. The van der Waals surface area contributed by atoms with E-state index < -0.39 is 0 Å². The van der Waals surface area contributed by atoms with Crippen LogP contribution in [0.2, 0.25) is 0 Å². The quantitative estimate of drug-likeness (QED) is 0.188. The van der Waals surface area contributed by atoms with Crippen LogP contribution < -0.4 is 0 Å². The molecule has 0 N–H and O–H groups in total. The predicted molar refractivity (Wildman–Crippen MR) is 201 cm³/mol. The van der Waals surface area contributed by atoms with E-state index in [-0.39, 0.29) is 0 Å². The highest BCUT2D eigenvalue weighted by atomic mass is 32.1. The summed E-state index contributed by atoms with van der Waals surface area (Å²) in [5.41, 5.74) is 11.1. The first-order chi connectivity index (χ1) is 22.8. The molecule has 0 bridgehead atoms. The maximum atomic E-state index is 2.41. The zero-order chi connectivity index (χ0) is 31.0. The van der Waals surface area contributed by atoms with Gasteiger partial charge in [0.15, 0.2) is 0 Å². The number of thiophene rings is 1. The maximum absolute atomic E-state index is 2.41. The number of benzene rings is 7. The molecule has 0 atom stereocenters. The van der Waals surface area contributed by atoms with Crippen LogP contribution in [0, 0.1) is 0 Å². The second kappa shape index (κ2) is 11.8. The van der Waals surface area contributed by atoms with Crippen LogP contribution in [0.1, 0.15) is 13.8 Å². The number of hydrogen-bond donors (Lipinski definition) is 0. The molecule has 0 aliphatic rings. The largest absolute Gasteiger partial charge is 0.309 e. The molecule has 220 valence electrons. The Morgan fingerprint density at radius 3 is 1.41 bits per heavy atom. The first-order valence-corrected chi connectivity index (χ1v) is 16.8. The third-order valence-electron chi connectivity index (χ3n) is 8.79. The number of hydrogen-bond acceptors (Lipinski definition) is 1. The van der Waals surface area contributed by atoms with E-state index in [1.165, 1.54) is 81.0 Å². The van der Waals surface area contributed by atoms with Gasteiger partial charge in [-0.3, -0.25) is 0 Å². The summed E-state index contributed by atoms with van der Waals surface area (Å²) >= 11 is 1.87. The van der Waals surface area contributed by atoms with Gasteiger partial charge in [-0.05, 0) is 88.0 Å². The summed E-state index contributed by atoms with van der Waals surface area (Å²) in [5.74, 6) is 0. The smallest absolute Gasteiger partial charge is 0.0541 e. The van der Waals surface area contributed by atoms with Crippen molar-refractivity contribution in [1.29, 1.82) is 0 Å². The zero-order valence-electron chi connectivity index (χ0n) is 25.9. The van der Waals surface area contributed by atoms with Crippen LogP contribution in [0.15, 0.2) is 164 Å². The molecular weight excluding hydrogens is 575 g/mol. The van der Waals surface area contributed by atoms with Crippen molar-refractivity contribution in [3.8, 4) is 39.1 Å². The van der Waals surface area contributed by atoms with Crippen molar-refractivity contribution in [2.75, 3.05) is 0 Å². The Bertz CT molecular complexity index is 2440. The Kier molecular flexibility index (Phi) is 7.21. The van der Waals surface area contributed by atoms with Crippen LogP contribution in [0.3, 0.4) is 0 Å². The molecule has 0 radical (unpaired) electrons. The van der Waals surface area contributed by atoms with E-state index in [1.54, 1.807) is 0 Å². The molecule has 2 aromatic heterocycles. The molecule has 0 aliphatic carbocycles. The van der Waals surface area contributed by atoms with Crippen molar-refractivity contribution in [1.82, 2.24) is 4.57 Å². The van der Waals surface area contributed by atoms with Gasteiger partial charge in [-0.2, -0.15) is 0 Å². The van der Waals surface area contributed by atoms with Gasteiger partial charge >= 0.3 is 0 Å². The van der Waals surface area contributed by atoms with Gasteiger partial charge in [-0.25, -0.2) is 0 Å². The average Bonchev–Trinajstić information content (AvgIpc) is 3.68. The van der Waals surface area contributed by atoms with Crippen LogP contribution in [-0.4, -0.2) is 4.57 Å². The van der Waals surface area contributed by atoms with Crippen LogP contribution >= 0.6 is 11.3 Å². The van der Waals surface area contributed by atoms with Gasteiger partial charge in [-0.15, -0.1) is 11.3 Å². The number of para-hydroxylation sites is 2. The van der Waals surface area contributed by atoms with Crippen LogP contribution in [0.5, 0.6) is 0 Å². The predicted octanol–water partition coefficient (Wildman–Crippen LogP) is 13.2. The molecule has 0 aliphatic heterocycles. The van der Waals surface area contributed by atoms with E-state index >= 15 is 0 Å². The van der Waals surface area contributed by atoms with Crippen molar-refractivity contribution in [2.24, 2.45) is 0 Å². The lowest BCUT2D eigenvalue weighted by Crippen LogP contribution is -1.93. The fourth-order valence-corrected chi connectivity index (χ4v) is 7.74. The minimum Gasteiger partial charge on any atom is -0.309 e. The molecule has 7 aromatic carbocycles. The van der Waals surface area contributed by atoms with E-state index in [0.717, 1.165) is 0 Å². The molecule has 2 heterocycles. The van der Waals surface area contributed by atoms with Crippen LogP contribution in [0.4, 0.5) is 0 Å². The van der Waals surface area contributed by atoms with Crippen molar-refractivity contribution >= 4 is 53.3 Å². The van der Waals surface area contributed by atoms with Crippen LogP contribution in [0.25, 0.3) is 81.0 Å². The molecule has 1 nitrogen and oxygen atoms in total. The first kappa shape index (κ1) is 28.1. The van der Waals surface area contributed by atoms with E-state index in [1.807, 2.05) is 25.2 Å². The van der Waals surface area contributed by atoms with Crippen molar-refractivity contribution in [3.63, 3.8) is 0 Å². The van der Waals surface area contributed by atoms with Gasteiger partial charge in [0.2, 0.25) is 0 Å². The normalized spacial score (nSPS) is 11.3. The SMILES string of the molecule is CC.c1ccc(-c2cccc(-c3cccc(-c4ccc5sc6ccc(-n7c8ccccc8c8ccccc87)cc6c5c4)c3)c2)cc1. The van der Waals surface area contributed by atoms with E-state index in [4.69, 9.17) is 0 Å². The summed E-state index contributed by atoms with van der Waals surface area (Å²) in [4.78, 5) is 0. The standard InChI is InChI=1S/C42H27NS.C2H6/c1-2-10-28(11-3-1)29-12-8-13-30(24-29)31-14-9-15-32(25-31)33-20-22-41-37(26-33)38-27-34(21-23-42(38)44-41)43-39-18-6-4-16-35(39)36-17-5-7-19-40(36)43;1-2/h1-27H;1-2H3. The summed E-state index contributed by atoms with van der Waals surface area (Å²) < 4.78 is 5.03. The number of fused-ring (bicyclic) bond motifs is 6. The maximum Gasteiger partial charge on any atom is 0.0541 e. The highest BCUT2D eigenvalue weighted by Crippen LogP contribution is 2.40. The van der Waals surface area contributed by atoms with Gasteiger partial charge in [0.05, 0.1) is 11.0 Å². The number of aromatic nitrogens is 1. The van der Waals surface area contributed by atoms with Gasteiger partial charge in [0, 0.05) is 36.6 Å². The molecule has 0 saturated carbocycles. The molecule has 2 heteroatoms. The molecular formula is C44H33NS. The summed E-state index contributed by atoms with van der Waals surface area (Å²) in [7, 11) is 0. The second-order valence-corrected chi connectivity index (χ2v) is 12.5. The fraction of sp³-hybridized carbons (Fsp3) is 0.0455. The Labute approximate surface area is 273 Å². The highest BCUT2D eigenvalue weighted by molar-refractivity contribution is 7.25. The zero-order valence-corrected chi connectivity index (χ0v) is 26.8. The van der Waals surface area contributed by atoms with E-state index in [2.05, 4.69) is 168 Å². The second-order valence-electron chi connectivity index (χ2n) is 11.4. The van der Waals surface area contributed by atoms with Gasteiger partial charge in [-0.1, -0.05) is 123 Å². The Morgan fingerprint density at radius 2 is 0.804 bits per heavy atom. The van der Waals surface area contributed by atoms with Gasteiger partial charge < -0.3 is 4.57 Å².